The van der Waals surface area contributed by atoms with Crippen LogP contribution in [0.3, 0.4) is 0 Å². The first kappa shape index (κ1) is 13.8. The van der Waals surface area contributed by atoms with Crippen LogP contribution in [-0.4, -0.2) is 41.7 Å². The number of para-hydroxylation sites is 1. The Balaban J connectivity index is 1.70. The van der Waals surface area contributed by atoms with Gasteiger partial charge < -0.3 is 5.32 Å². The number of benzene rings is 1. The summed E-state index contributed by atoms with van der Waals surface area (Å²) in [5.74, 6) is -0.133. The molecule has 1 amide bonds. The summed E-state index contributed by atoms with van der Waals surface area (Å²) in [6.45, 7) is 0. The second kappa shape index (κ2) is 5.33. The summed E-state index contributed by atoms with van der Waals surface area (Å²) in [6, 6.07) is 9.15. The third kappa shape index (κ3) is 3.13. The van der Waals surface area contributed by atoms with E-state index in [1.807, 2.05) is 30.3 Å². The number of sulfone groups is 1. The van der Waals surface area contributed by atoms with Gasteiger partial charge in [-0.2, -0.15) is 5.10 Å². The van der Waals surface area contributed by atoms with Gasteiger partial charge in [0.05, 0.1) is 29.0 Å². The van der Waals surface area contributed by atoms with Crippen LogP contribution < -0.4 is 5.32 Å². The van der Waals surface area contributed by atoms with Crippen molar-refractivity contribution in [2.24, 2.45) is 0 Å². The Morgan fingerprint density at radius 2 is 2.05 bits per heavy atom. The predicted octanol–water partition coefficient (Wildman–Crippen LogP) is 0.789. The fraction of sp³-hybridized carbons (Fsp3) is 0.286. The Bertz CT molecular complexity index is 753. The number of rotatable bonds is 3. The van der Waals surface area contributed by atoms with Crippen LogP contribution in [0.4, 0.5) is 0 Å². The Morgan fingerprint density at radius 1 is 1.29 bits per heavy atom. The van der Waals surface area contributed by atoms with E-state index in [2.05, 4.69) is 10.4 Å². The van der Waals surface area contributed by atoms with Crippen molar-refractivity contribution in [1.29, 1.82) is 0 Å². The smallest absolute Gasteiger partial charge is 0.254 e. The van der Waals surface area contributed by atoms with Gasteiger partial charge in [-0.05, 0) is 18.6 Å². The first-order valence-electron chi connectivity index (χ1n) is 6.65. The highest BCUT2D eigenvalue weighted by atomic mass is 32.2. The van der Waals surface area contributed by atoms with E-state index >= 15 is 0 Å². The summed E-state index contributed by atoms with van der Waals surface area (Å²) in [6.07, 6.45) is 3.58. The summed E-state index contributed by atoms with van der Waals surface area (Å²) in [5.41, 5.74) is 1.28. The lowest BCUT2D eigenvalue weighted by molar-refractivity contribution is 0.0941. The third-order valence-corrected chi connectivity index (χ3v) is 5.20. The average Bonchev–Trinajstić information content (AvgIpc) is 3.07. The lowest BCUT2D eigenvalue weighted by Gasteiger charge is -2.09. The summed E-state index contributed by atoms with van der Waals surface area (Å²) in [4.78, 5) is 12.1. The van der Waals surface area contributed by atoms with E-state index in [4.69, 9.17) is 0 Å². The molecule has 0 saturated carbocycles. The molecule has 1 fully saturated rings. The van der Waals surface area contributed by atoms with Gasteiger partial charge in [0.15, 0.2) is 9.84 Å². The van der Waals surface area contributed by atoms with E-state index < -0.39 is 9.84 Å². The first-order valence-corrected chi connectivity index (χ1v) is 8.47. The first-order chi connectivity index (χ1) is 10.0. The number of carbonyl (C=O) groups is 1. The second-order valence-electron chi connectivity index (χ2n) is 5.08. The minimum atomic E-state index is -3.00. The molecule has 1 unspecified atom stereocenters. The maximum Gasteiger partial charge on any atom is 0.254 e. The molecule has 7 heteroatoms. The molecule has 2 heterocycles. The number of amides is 1. The molecule has 6 nitrogen and oxygen atoms in total. The molecule has 0 spiro atoms. The molecule has 1 aliphatic rings. The van der Waals surface area contributed by atoms with Crippen LogP contribution in [0, 0.1) is 0 Å². The molecule has 0 radical (unpaired) electrons. The fourth-order valence-corrected chi connectivity index (χ4v) is 4.01. The second-order valence-corrected chi connectivity index (χ2v) is 7.31. The number of carbonyl (C=O) groups excluding carboxylic acids is 1. The molecular weight excluding hydrogens is 290 g/mol. The molecule has 1 saturated heterocycles. The minimum Gasteiger partial charge on any atom is -0.348 e. The van der Waals surface area contributed by atoms with Gasteiger partial charge in [-0.25, -0.2) is 13.1 Å². The van der Waals surface area contributed by atoms with Crippen LogP contribution in [0.1, 0.15) is 16.8 Å². The zero-order valence-corrected chi connectivity index (χ0v) is 12.1. The minimum absolute atomic E-state index is 0.0194. The van der Waals surface area contributed by atoms with Crippen LogP contribution >= 0.6 is 0 Å². The normalized spacial score (nSPS) is 20.3. The van der Waals surface area contributed by atoms with Gasteiger partial charge in [-0.1, -0.05) is 18.2 Å². The molecule has 21 heavy (non-hydrogen) atoms. The van der Waals surface area contributed by atoms with Gasteiger partial charge in [-0.3, -0.25) is 4.79 Å². The van der Waals surface area contributed by atoms with Crippen molar-refractivity contribution in [1.82, 2.24) is 15.1 Å². The van der Waals surface area contributed by atoms with Crippen molar-refractivity contribution >= 4 is 15.7 Å². The lowest BCUT2D eigenvalue weighted by atomic mass is 10.2. The van der Waals surface area contributed by atoms with Crippen molar-refractivity contribution in [3.8, 4) is 5.69 Å². The van der Waals surface area contributed by atoms with E-state index in [-0.39, 0.29) is 23.5 Å². The van der Waals surface area contributed by atoms with Crippen LogP contribution in [0.25, 0.3) is 5.69 Å². The summed E-state index contributed by atoms with van der Waals surface area (Å²) >= 11 is 0. The number of hydrogen-bond donors (Lipinski definition) is 1. The number of aromatic nitrogens is 2. The Kier molecular flexibility index (Phi) is 3.50. The van der Waals surface area contributed by atoms with E-state index in [0.717, 1.165) is 5.69 Å². The lowest BCUT2D eigenvalue weighted by Crippen LogP contribution is -2.35. The average molecular weight is 305 g/mol. The molecule has 0 bridgehead atoms. The molecule has 1 aromatic heterocycles. The highest BCUT2D eigenvalue weighted by Gasteiger charge is 2.29. The van der Waals surface area contributed by atoms with Crippen LogP contribution in [0.15, 0.2) is 42.7 Å². The third-order valence-electron chi connectivity index (χ3n) is 3.43. The topological polar surface area (TPSA) is 81.1 Å². The molecule has 1 atom stereocenters. The molecule has 110 valence electrons. The van der Waals surface area contributed by atoms with Crippen LogP contribution in [0.2, 0.25) is 0 Å². The monoisotopic (exact) mass is 305 g/mol. The maximum absolute atomic E-state index is 12.1. The molecule has 0 aliphatic carbocycles. The van der Waals surface area contributed by atoms with Gasteiger partial charge in [0.25, 0.3) is 5.91 Å². The summed E-state index contributed by atoms with van der Waals surface area (Å²) < 4.78 is 24.4. The van der Waals surface area contributed by atoms with E-state index in [0.29, 0.717) is 12.0 Å². The standard InChI is InChI=1S/C14H15N3O3S/c18-14(16-12-6-7-21(19,20)10-12)11-8-15-17(9-11)13-4-2-1-3-5-13/h1-5,8-9,12H,6-7,10H2,(H,16,18). The molecule has 1 aliphatic heterocycles. The highest BCUT2D eigenvalue weighted by molar-refractivity contribution is 7.91. The molecule has 1 aromatic carbocycles. The van der Waals surface area contributed by atoms with Crippen LogP contribution in [0.5, 0.6) is 0 Å². The van der Waals surface area contributed by atoms with Crippen LogP contribution in [-0.2, 0) is 9.84 Å². The Morgan fingerprint density at radius 3 is 2.71 bits per heavy atom. The van der Waals surface area contributed by atoms with Gasteiger partial charge in [0.1, 0.15) is 0 Å². The van der Waals surface area contributed by atoms with Gasteiger partial charge >= 0.3 is 0 Å². The maximum atomic E-state index is 12.1. The quantitative estimate of drug-likeness (QED) is 0.909. The Labute approximate surface area is 122 Å². The van der Waals surface area contributed by atoms with Crippen molar-refractivity contribution in [3.05, 3.63) is 48.3 Å². The number of nitrogens with zero attached hydrogens (tertiary/aromatic N) is 2. The predicted molar refractivity (Wildman–Crippen MR) is 78.1 cm³/mol. The van der Waals surface area contributed by atoms with E-state index in [9.17, 15) is 13.2 Å². The van der Waals surface area contributed by atoms with E-state index in [1.54, 1.807) is 10.9 Å². The fourth-order valence-electron chi connectivity index (χ4n) is 2.34. The van der Waals surface area contributed by atoms with Crippen molar-refractivity contribution in [2.75, 3.05) is 11.5 Å². The van der Waals surface area contributed by atoms with Crippen molar-refractivity contribution < 1.29 is 13.2 Å². The Hall–Kier alpha value is -2.15. The zero-order chi connectivity index (χ0) is 14.9. The summed E-state index contributed by atoms with van der Waals surface area (Å²) in [7, 11) is -3.00. The summed E-state index contributed by atoms with van der Waals surface area (Å²) in [5, 5.41) is 6.89. The molecule has 3 rings (SSSR count). The van der Waals surface area contributed by atoms with Gasteiger partial charge in [-0.15, -0.1) is 0 Å². The van der Waals surface area contributed by atoms with E-state index in [1.165, 1.54) is 6.20 Å². The van der Waals surface area contributed by atoms with Crippen molar-refractivity contribution in [2.45, 2.75) is 12.5 Å². The largest absolute Gasteiger partial charge is 0.348 e. The number of nitrogens with one attached hydrogen (secondary N) is 1. The zero-order valence-electron chi connectivity index (χ0n) is 11.3. The van der Waals surface area contributed by atoms with Crippen molar-refractivity contribution in [3.63, 3.8) is 0 Å². The highest BCUT2D eigenvalue weighted by Crippen LogP contribution is 2.13. The number of hydrogen-bond acceptors (Lipinski definition) is 4. The SMILES string of the molecule is O=C(NC1CCS(=O)(=O)C1)c1cnn(-c2ccccc2)c1. The molecule has 2 aromatic rings. The van der Waals surface area contributed by atoms with Gasteiger partial charge in [0.2, 0.25) is 0 Å². The molecule has 1 N–H and O–H groups in total. The molecular formula is C14H15N3O3S. The van der Waals surface area contributed by atoms with Gasteiger partial charge in [0, 0.05) is 12.2 Å².